The number of benzene rings is 1. The van der Waals surface area contributed by atoms with Gasteiger partial charge >= 0.3 is 12.1 Å². The van der Waals surface area contributed by atoms with Gasteiger partial charge < -0.3 is 15.2 Å². The Morgan fingerprint density at radius 2 is 2.00 bits per heavy atom. The number of alkyl halides is 3. The van der Waals surface area contributed by atoms with E-state index in [-0.39, 0.29) is 24.5 Å². The van der Waals surface area contributed by atoms with Crippen LogP contribution in [0.1, 0.15) is 15.9 Å². The number of rotatable bonds is 5. The van der Waals surface area contributed by atoms with Gasteiger partial charge in [0.15, 0.2) is 0 Å². The molecule has 2 N–H and O–H groups in total. The minimum atomic E-state index is -4.38. The lowest BCUT2D eigenvalue weighted by Gasteiger charge is -2.10. The summed E-state index contributed by atoms with van der Waals surface area (Å²) in [6.45, 7) is -0.260. The summed E-state index contributed by atoms with van der Waals surface area (Å²) in [6.07, 6.45) is -4.38. The van der Waals surface area contributed by atoms with E-state index in [1.165, 1.54) is 0 Å². The van der Waals surface area contributed by atoms with Crippen molar-refractivity contribution < 1.29 is 27.4 Å². The number of anilines is 1. The Morgan fingerprint density at radius 3 is 2.58 bits per heavy atom. The third-order valence-electron chi connectivity index (χ3n) is 2.24. The zero-order valence-electron chi connectivity index (χ0n) is 10.3. The highest BCUT2D eigenvalue weighted by Gasteiger charge is 2.27. The van der Waals surface area contributed by atoms with Crippen LogP contribution < -0.4 is 5.73 Å². The molecular formula is C12H14F3NO3. The SMILES string of the molecule is Cc1cccc(N)c1C(=O)OCCOCC(F)(F)F. The van der Waals surface area contributed by atoms with Gasteiger partial charge in [0.25, 0.3) is 0 Å². The van der Waals surface area contributed by atoms with Gasteiger partial charge in [0.05, 0.1) is 12.2 Å². The lowest BCUT2D eigenvalue weighted by molar-refractivity contribution is -0.175. The number of nitrogen functional groups attached to an aromatic ring is 1. The molecule has 0 fully saturated rings. The summed E-state index contributed by atoms with van der Waals surface area (Å²) in [4.78, 5) is 11.7. The number of hydrogen-bond donors (Lipinski definition) is 1. The van der Waals surface area contributed by atoms with Crippen LogP contribution in [-0.4, -0.2) is 32.0 Å². The molecule has 0 spiro atoms. The highest BCUT2D eigenvalue weighted by Crippen LogP contribution is 2.17. The molecule has 1 rings (SSSR count). The number of aryl methyl sites for hydroxylation is 1. The predicted molar refractivity (Wildman–Crippen MR) is 62.7 cm³/mol. The number of esters is 1. The molecule has 0 aromatic heterocycles. The Bertz CT molecular complexity index is 426. The van der Waals surface area contributed by atoms with Crippen LogP contribution in [0.5, 0.6) is 0 Å². The van der Waals surface area contributed by atoms with Crippen LogP contribution >= 0.6 is 0 Å². The van der Waals surface area contributed by atoms with Crippen molar-refractivity contribution in [1.82, 2.24) is 0 Å². The number of carbonyl (C=O) groups is 1. The Hall–Kier alpha value is -1.76. The van der Waals surface area contributed by atoms with Crippen molar-refractivity contribution in [3.8, 4) is 0 Å². The molecule has 106 valence electrons. The molecule has 0 unspecified atom stereocenters. The number of halogens is 3. The maximum absolute atomic E-state index is 11.8. The second kappa shape index (κ2) is 6.42. The Labute approximate surface area is 108 Å². The van der Waals surface area contributed by atoms with Gasteiger partial charge in [-0.15, -0.1) is 0 Å². The van der Waals surface area contributed by atoms with Gasteiger partial charge in [-0.1, -0.05) is 12.1 Å². The molecule has 19 heavy (non-hydrogen) atoms. The molecule has 0 amide bonds. The quantitative estimate of drug-likeness (QED) is 0.509. The van der Waals surface area contributed by atoms with Gasteiger partial charge in [0, 0.05) is 5.69 Å². The topological polar surface area (TPSA) is 61.6 Å². The van der Waals surface area contributed by atoms with Gasteiger partial charge in [0.1, 0.15) is 13.2 Å². The Balaban J connectivity index is 2.40. The van der Waals surface area contributed by atoms with Crippen LogP contribution in [-0.2, 0) is 9.47 Å². The summed E-state index contributed by atoms with van der Waals surface area (Å²) in [5.41, 5.74) is 6.75. The second-order valence-corrected chi connectivity index (χ2v) is 3.84. The van der Waals surface area contributed by atoms with Crippen molar-refractivity contribution in [1.29, 1.82) is 0 Å². The van der Waals surface area contributed by atoms with E-state index in [2.05, 4.69) is 4.74 Å². The monoisotopic (exact) mass is 277 g/mol. The fourth-order valence-corrected chi connectivity index (χ4v) is 1.42. The highest BCUT2D eigenvalue weighted by atomic mass is 19.4. The highest BCUT2D eigenvalue weighted by molar-refractivity contribution is 5.96. The summed E-state index contributed by atoms with van der Waals surface area (Å²) >= 11 is 0. The van der Waals surface area contributed by atoms with Crippen LogP contribution in [0.4, 0.5) is 18.9 Å². The van der Waals surface area contributed by atoms with Gasteiger partial charge in [-0.2, -0.15) is 13.2 Å². The molecule has 0 aliphatic rings. The molecule has 0 aliphatic heterocycles. The average Bonchev–Trinajstić information content (AvgIpc) is 2.26. The normalized spacial score (nSPS) is 11.4. The molecule has 4 nitrogen and oxygen atoms in total. The Morgan fingerprint density at radius 1 is 1.32 bits per heavy atom. The van der Waals surface area contributed by atoms with Crippen molar-refractivity contribution in [2.24, 2.45) is 0 Å². The second-order valence-electron chi connectivity index (χ2n) is 3.84. The van der Waals surface area contributed by atoms with E-state index in [1.54, 1.807) is 25.1 Å². The minimum Gasteiger partial charge on any atom is -0.460 e. The lowest BCUT2D eigenvalue weighted by atomic mass is 10.1. The Kier molecular flexibility index (Phi) is 5.17. The fourth-order valence-electron chi connectivity index (χ4n) is 1.42. The van der Waals surface area contributed by atoms with Crippen LogP contribution in [0.3, 0.4) is 0 Å². The maximum atomic E-state index is 11.8. The van der Waals surface area contributed by atoms with E-state index in [0.717, 1.165) is 0 Å². The van der Waals surface area contributed by atoms with Crippen LogP contribution in [0.2, 0.25) is 0 Å². The number of carbonyl (C=O) groups excluding carboxylic acids is 1. The van der Waals surface area contributed by atoms with E-state index in [1.807, 2.05) is 0 Å². The van der Waals surface area contributed by atoms with E-state index in [0.29, 0.717) is 5.56 Å². The van der Waals surface area contributed by atoms with Crippen molar-refractivity contribution in [2.45, 2.75) is 13.1 Å². The first-order chi connectivity index (χ1) is 8.81. The third kappa shape index (κ3) is 5.17. The standard InChI is InChI=1S/C12H14F3NO3/c1-8-3-2-4-9(16)10(8)11(17)19-6-5-18-7-12(13,14)15/h2-4H,5-7,16H2,1H3. The first kappa shape index (κ1) is 15.3. The van der Waals surface area contributed by atoms with E-state index in [9.17, 15) is 18.0 Å². The van der Waals surface area contributed by atoms with E-state index >= 15 is 0 Å². The third-order valence-corrected chi connectivity index (χ3v) is 2.24. The zero-order chi connectivity index (χ0) is 14.5. The lowest BCUT2D eigenvalue weighted by Crippen LogP contribution is -2.20. The van der Waals surface area contributed by atoms with Crippen LogP contribution in [0, 0.1) is 6.92 Å². The molecule has 0 radical (unpaired) electrons. The first-order valence-electron chi connectivity index (χ1n) is 5.48. The van der Waals surface area contributed by atoms with Gasteiger partial charge in [0.2, 0.25) is 0 Å². The summed E-state index contributed by atoms with van der Waals surface area (Å²) in [5.74, 6) is -0.675. The van der Waals surface area contributed by atoms with Gasteiger partial charge in [-0.3, -0.25) is 0 Å². The van der Waals surface area contributed by atoms with Crippen LogP contribution in [0.15, 0.2) is 18.2 Å². The molecule has 1 aromatic carbocycles. The summed E-state index contributed by atoms with van der Waals surface area (Å²) in [6, 6.07) is 4.92. The van der Waals surface area contributed by atoms with Crippen molar-refractivity contribution in [3.05, 3.63) is 29.3 Å². The van der Waals surface area contributed by atoms with Gasteiger partial charge in [-0.25, -0.2) is 4.79 Å². The minimum absolute atomic E-state index is 0.221. The van der Waals surface area contributed by atoms with Gasteiger partial charge in [-0.05, 0) is 18.6 Å². The molecule has 0 saturated carbocycles. The smallest absolute Gasteiger partial charge is 0.411 e. The molecule has 7 heteroatoms. The number of hydrogen-bond acceptors (Lipinski definition) is 4. The molecule has 0 atom stereocenters. The molecule has 1 aromatic rings. The molecule has 0 heterocycles. The van der Waals surface area contributed by atoms with E-state index < -0.39 is 18.8 Å². The fraction of sp³-hybridized carbons (Fsp3) is 0.417. The summed E-state index contributed by atoms with van der Waals surface area (Å²) < 4.78 is 44.4. The molecule has 0 saturated heterocycles. The molecule has 0 aliphatic carbocycles. The number of nitrogens with two attached hydrogens (primary N) is 1. The maximum Gasteiger partial charge on any atom is 0.411 e. The molecular weight excluding hydrogens is 263 g/mol. The zero-order valence-corrected chi connectivity index (χ0v) is 10.3. The van der Waals surface area contributed by atoms with Crippen molar-refractivity contribution in [3.63, 3.8) is 0 Å². The summed E-state index contributed by atoms with van der Waals surface area (Å²) in [5, 5.41) is 0. The largest absolute Gasteiger partial charge is 0.460 e. The van der Waals surface area contributed by atoms with Crippen molar-refractivity contribution >= 4 is 11.7 Å². The summed E-state index contributed by atoms with van der Waals surface area (Å²) in [7, 11) is 0. The number of ether oxygens (including phenoxy) is 2. The predicted octanol–water partition coefficient (Wildman–Crippen LogP) is 2.31. The van der Waals surface area contributed by atoms with E-state index in [4.69, 9.17) is 10.5 Å². The van der Waals surface area contributed by atoms with Crippen LogP contribution in [0.25, 0.3) is 0 Å². The van der Waals surface area contributed by atoms with Crippen molar-refractivity contribution in [2.75, 3.05) is 25.6 Å². The first-order valence-corrected chi connectivity index (χ1v) is 5.48. The average molecular weight is 277 g/mol. The molecule has 0 bridgehead atoms.